The van der Waals surface area contributed by atoms with Crippen LogP contribution in [0.5, 0.6) is 11.6 Å². The van der Waals surface area contributed by atoms with Gasteiger partial charge in [-0.15, -0.1) is 0 Å². The quantitative estimate of drug-likeness (QED) is 0.477. The van der Waals surface area contributed by atoms with Crippen LogP contribution in [0.1, 0.15) is 5.56 Å². The summed E-state index contributed by atoms with van der Waals surface area (Å²) in [6.45, 7) is 1.96. The Bertz CT molecular complexity index is 1130. The molecule has 0 unspecified atom stereocenters. The Morgan fingerprint density at radius 2 is 1.78 bits per heavy atom. The van der Waals surface area contributed by atoms with E-state index in [9.17, 15) is 0 Å². The van der Waals surface area contributed by atoms with Crippen LogP contribution in [-0.2, 0) is 0 Å². The number of aromatic nitrogens is 2. The monoisotopic (exact) mass is 376 g/mol. The lowest BCUT2D eigenvalue weighted by Gasteiger charge is -2.13. The molecule has 0 saturated carbocycles. The Hall–Kier alpha value is -3.31. The molecule has 0 aliphatic carbocycles. The number of hydrogen-bond donors (Lipinski definition) is 2. The number of aryl methyl sites for hydroxylation is 1. The van der Waals surface area contributed by atoms with Crippen molar-refractivity contribution in [3.05, 3.63) is 77.6 Å². The number of hydrogen-bond acceptors (Lipinski definition) is 5. The highest BCUT2D eigenvalue weighted by Crippen LogP contribution is 2.33. The molecule has 0 aliphatic heterocycles. The topological polar surface area (TPSA) is 73.1 Å². The van der Waals surface area contributed by atoms with Gasteiger partial charge in [0.15, 0.2) is 5.82 Å². The zero-order chi connectivity index (χ0) is 18.8. The zero-order valence-electron chi connectivity index (χ0n) is 14.6. The van der Waals surface area contributed by atoms with Gasteiger partial charge in [0, 0.05) is 10.7 Å². The molecule has 0 amide bonds. The highest BCUT2D eigenvalue weighted by Gasteiger charge is 2.12. The van der Waals surface area contributed by atoms with Crippen molar-refractivity contribution in [3.63, 3.8) is 0 Å². The number of anilines is 3. The molecule has 0 atom stereocenters. The fourth-order valence-electron chi connectivity index (χ4n) is 2.80. The summed E-state index contributed by atoms with van der Waals surface area (Å²) in [5.74, 6) is 1.44. The summed E-state index contributed by atoms with van der Waals surface area (Å²) in [5.41, 5.74) is 8.41. The molecule has 3 N–H and O–H groups in total. The van der Waals surface area contributed by atoms with E-state index in [-0.39, 0.29) is 0 Å². The lowest BCUT2D eigenvalue weighted by Crippen LogP contribution is -2.03. The van der Waals surface area contributed by atoms with Crippen LogP contribution in [0.15, 0.2) is 67.0 Å². The first-order valence-electron chi connectivity index (χ1n) is 8.40. The van der Waals surface area contributed by atoms with Crippen LogP contribution < -0.4 is 15.8 Å². The molecule has 4 rings (SSSR count). The summed E-state index contributed by atoms with van der Waals surface area (Å²) in [6.07, 6.45) is 1.42. The Kier molecular flexibility index (Phi) is 4.52. The Labute approximate surface area is 161 Å². The summed E-state index contributed by atoms with van der Waals surface area (Å²) in [7, 11) is 0. The minimum Gasteiger partial charge on any atom is -0.437 e. The fraction of sp³-hybridized carbons (Fsp3) is 0.0476. The molecule has 0 fully saturated rings. The van der Waals surface area contributed by atoms with Gasteiger partial charge in [0.25, 0.3) is 0 Å². The van der Waals surface area contributed by atoms with Crippen molar-refractivity contribution < 1.29 is 4.74 Å². The van der Waals surface area contributed by atoms with E-state index >= 15 is 0 Å². The zero-order valence-corrected chi connectivity index (χ0v) is 15.4. The molecular weight excluding hydrogens is 360 g/mol. The van der Waals surface area contributed by atoms with Crippen molar-refractivity contribution in [2.24, 2.45) is 0 Å². The van der Waals surface area contributed by atoms with Gasteiger partial charge in [0.1, 0.15) is 17.8 Å². The van der Waals surface area contributed by atoms with Crippen LogP contribution >= 0.6 is 11.6 Å². The second-order valence-electron chi connectivity index (χ2n) is 6.14. The van der Waals surface area contributed by atoms with E-state index in [1.54, 1.807) is 6.07 Å². The maximum atomic E-state index is 6.23. The lowest BCUT2D eigenvalue weighted by atomic mass is 10.1. The molecular formula is C21H17ClN4O. The molecule has 134 valence electrons. The number of nitrogens with zero attached hydrogens (tertiary/aromatic N) is 2. The highest BCUT2D eigenvalue weighted by molar-refractivity contribution is 6.30. The predicted octanol–water partition coefficient (Wildman–Crippen LogP) is 5.71. The van der Waals surface area contributed by atoms with Crippen LogP contribution in [0.4, 0.5) is 17.2 Å². The number of benzene rings is 3. The normalized spacial score (nSPS) is 10.7. The smallest absolute Gasteiger partial charge is 0.248 e. The van der Waals surface area contributed by atoms with Crippen LogP contribution in [-0.4, -0.2) is 9.97 Å². The second kappa shape index (κ2) is 7.13. The fourth-order valence-corrected chi connectivity index (χ4v) is 3.02. The first-order chi connectivity index (χ1) is 13.1. The van der Waals surface area contributed by atoms with E-state index in [0.717, 1.165) is 22.0 Å². The van der Waals surface area contributed by atoms with Crippen molar-refractivity contribution >= 4 is 39.6 Å². The molecule has 1 heterocycles. The number of halogens is 1. The summed E-state index contributed by atoms with van der Waals surface area (Å²) in [6, 6.07) is 19.5. The number of rotatable bonds is 4. The maximum Gasteiger partial charge on any atom is 0.248 e. The molecule has 4 aromatic rings. The molecule has 3 aromatic carbocycles. The SMILES string of the molecule is Cc1cc(Cl)ccc1Nc1ncnc(Oc2ccc3ccccc3c2)c1N. The molecule has 0 radical (unpaired) electrons. The van der Waals surface area contributed by atoms with Crippen LogP contribution in [0.25, 0.3) is 10.8 Å². The Balaban J connectivity index is 1.62. The van der Waals surface area contributed by atoms with E-state index in [1.807, 2.05) is 55.5 Å². The van der Waals surface area contributed by atoms with Crippen molar-refractivity contribution in [3.8, 4) is 11.6 Å². The van der Waals surface area contributed by atoms with E-state index in [4.69, 9.17) is 22.1 Å². The molecule has 0 spiro atoms. The number of fused-ring (bicyclic) bond motifs is 1. The van der Waals surface area contributed by atoms with Gasteiger partial charge >= 0.3 is 0 Å². The van der Waals surface area contributed by atoms with Gasteiger partial charge in [0.2, 0.25) is 5.88 Å². The minimum atomic E-state index is 0.300. The third kappa shape index (κ3) is 3.64. The predicted molar refractivity (Wildman–Crippen MR) is 110 cm³/mol. The summed E-state index contributed by atoms with van der Waals surface area (Å²) < 4.78 is 5.91. The largest absolute Gasteiger partial charge is 0.437 e. The first kappa shape index (κ1) is 17.1. The van der Waals surface area contributed by atoms with E-state index in [1.165, 1.54) is 6.33 Å². The van der Waals surface area contributed by atoms with E-state index in [0.29, 0.717) is 28.2 Å². The van der Waals surface area contributed by atoms with Crippen LogP contribution in [0.2, 0.25) is 5.02 Å². The second-order valence-corrected chi connectivity index (χ2v) is 6.57. The van der Waals surface area contributed by atoms with E-state index < -0.39 is 0 Å². The van der Waals surface area contributed by atoms with Gasteiger partial charge in [-0.1, -0.05) is 41.9 Å². The van der Waals surface area contributed by atoms with Crippen LogP contribution in [0, 0.1) is 6.92 Å². The average molecular weight is 377 g/mol. The van der Waals surface area contributed by atoms with Crippen LogP contribution in [0.3, 0.4) is 0 Å². The number of nitrogen functional groups attached to an aromatic ring is 1. The number of ether oxygens (including phenoxy) is 1. The van der Waals surface area contributed by atoms with Gasteiger partial charge in [0.05, 0.1) is 0 Å². The molecule has 0 bridgehead atoms. The van der Waals surface area contributed by atoms with Crippen molar-refractivity contribution in [2.75, 3.05) is 11.1 Å². The maximum absolute atomic E-state index is 6.23. The molecule has 6 heteroatoms. The van der Waals surface area contributed by atoms with Crippen molar-refractivity contribution in [1.29, 1.82) is 0 Å². The summed E-state index contributed by atoms with van der Waals surface area (Å²) in [5, 5.41) is 6.10. The summed E-state index contributed by atoms with van der Waals surface area (Å²) in [4.78, 5) is 8.40. The third-order valence-corrected chi connectivity index (χ3v) is 4.46. The van der Waals surface area contributed by atoms with Crippen molar-refractivity contribution in [2.45, 2.75) is 6.92 Å². The van der Waals surface area contributed by atoms with Crippen molar-refractivity contribution in [1.82, 2.24) is 9.97 Å². The number of nitrogens with two attached hydrogens (primary N) is 1. The van der Waals surface area contributed by atoms with Gasteiger partial charge in [-0.05, 0) is 53.6 Å². The van der Waals surface area contributed by atoms with Gasteiger partial charge in [-0.25, -0.2) is 4.98 Å². The molecule has 0 aliphatic rings. The Morgan fingerprint density at radius 1 is 0.963 bits per heavy atom. The lowest BCUT2D eigenvalue weighted by molar-refractivity contribution is 0.465. The first-order valence-corrected chi connectivity index (χ1v) is 8.78. The molecule has 27 heavy (non-hydrogen) atoms. The molecule has 1 aromatic heterocycles. The van der Waals surface area contributed by atoms with E-state index in [2.05, 4.69) is 21.4 Å². The molecule has 5 nitrogen and oxygen atoms in total. The summed E-state index contributed by atoms with van der Waals surface area (Å²) >= 11 is 6.01. The minimum absolute atomic E-state index is 0.300. The third-order valence-electron chi connectivity index (χ3n) is 4.22. The molecule has 0 saturated heterocycles. The van der Waals surface area contributed by atoms with Gasteiger partial charge < -0.3 is 15.8 Å². The van der Waals surface area contributed by atoms with Gasteiger partial charge in [-0.2, -0.15) is 4.98 Å². The highest BCUT2D eigenvalue weighted by atomic mass is 35.5. The van der Waals surface area contributed by atoms with Gasteiger partial charge in [-0.3, -0.25) is 0 Å². The average Bonchev–Trinajstić information content (AvgIpc) is 2.67. The number of nitrogens with one attached hydrogen (secondary N) is 1. The Morgan fingerprint density at radius 3 is 2.59 bits per heavy atom. The standard InChI is InChI=1S/C21H17ClN4O/c1-13-10-16(22)7-9-18(13)26-20-19(23)21(25-12-24-20)27-17-8-6-14-4-2-3-5-15(14)11-17/h2-12H,23H2,1H3,(H,24,25,26).